The van der Waals surface area contributed by atoms with Gasteiger partial charge in [-0.05, 0) is 17.7 Å². The zero-order chi connectivity index (χ0) is 10.2. The number of nitriles is 1. The Kier molecular flexibility index (Phi) is 2.20. The minimum atomic E-state index is -0.812. The van der Waals surface area contributed by atoms with E-state index in [2.05, 4.69) is 6.07 Å². The van der Waals surface area contributed by atoms with Gasteiger partial charge in [-0.2, -0.15) is 5.26 Å². The Morgan fingerprint density at radius 2 is 2.14 bits per heavy atom. The van der Waals surface area contributed by atoms with Crippen molar-refractivity contribution in [2.75, 3.05) is 6.54 Å². The lowest BCUT2D eigenvalue weighted by Gasteiger charge is -1.98. The van der Waals surface area contributed by atoms with Gasteiger partial charge in [-0.25, -0.2) is 0 Å². The number of nitrogens with two attached hydrogens (primary N) is 1. The SMILES string of the molecule is N#CC1(CN)OC1c1ccc(Cl)cc1. The standard InChI is InChI=1S/C10H9ClN2O/c11-8-3-1-7(2-4-8)9-10(5-12,6-13)14-9/h1-4,9H,5,12H2. The van der Waals surface area contributed by atoms with Crippen LogP contribution in [-0.2, 0) is 4.74 Å². The third-order valence-electron chi connectivity index (χ3n) is 2.36. The highest BCUT2D eigenvalue weighted by Gasteiger charge is 2.57. The van der Waals surface area contributed by atoms with Crippen LogP contribution in [0.15, 0.2) is 24.3 Å². The highest BCUT2D eigenvalue weighted by Crippen LogP contribution is 2.48. The predicted molar refractivity (Wildman–Crippen MR) is 52.7 cm³/mol. The number of ether oxygens (including phenoxy) is 1. The van der Waals surface area contributed by atoms with Crippen LogP contribution in [0.4, 0.5) is 0 Å². The van der Waals surface area contributed by atoms with Gasteiger partial charge < -0.3 is 10.5 Å². The molecule has 0 amide bonds. The number of rotatable bonds is 2. The van der Waals surface area contributed by atoms with E-state index in [9.17, 15) is 0 Å². The van der Waals surface area contributed by atoms with Crippen molar-refractivity contribution in [2.45, 2.75) is 11.7 Å². The molecule has 2 atom stereocenters. The van der Waals surface area contributed by atoms with Crippen LogP contribution < -0.4 is 5.73 Å². The Balaban J connectivity index is 2.21. The summed E-state index contributed by atoms with van der Waals surface area (Å²) in [5.74, 6) is 0. The molecule has 1 aromatic carbocycles. The van der Waals surface area contributed by atoms with Crippen LogP contribution in [0.1, 0.15) is 11.7 Å². The van der Waals surface area contributed by atoms with Crippen molar-refractivity contribution < 1.29 is 4.74 Å². The summed E-state index contributed by atoms with van der Waals surface area (Å²) in [5, 5.41) is 9.53. The Hall–Kier alpha value is -1.08. The lowest BCUT2D eigenvalue weighted by Crippen LogP contribution is -2.22. The zero-order valence-corrected chi connectivity index (χ0v) is 8.16. The average Bonchev–Trinajstić information content (AvgIpc) is 2.94. The molecule has 1 heterocycles. The Morgan fingerprint density at radius 1 is 1.50 bits per heavy atom. The van der Waals surface area contributed by atoms with Gasteiger partial charge in [0.15, 0.2) is 5.60 Å². The second-order valence-corrected chi connectivity index (χ2v) is 3.69. The second-order valence-electron chi connectivity index (χ2n) is 3.25. The van der Waals surface area contributed by atoms with Crippen molar-refractivity contribution in [3.63, 3.8) is 0 Å². The Bertz CT molecular complexity index is 384. The quantitative estimate of drug-likeness (QED) is 0.752. The molecule has 1 saturated heterocycles. The van der Waals surface area contributed by atoms with Crippen molar-refractivity contribution in [3.05, 3.63) is 34.9 Å². The topological polar surface area (TPSA) is 62.3 Å². The van der Waals surface area contributed by atoms with Crippen LogP contribution in [0.25, 0.3) is 0 Å². The van der Waals surface area contributed by atoms with Crippen molar-refractivity contribution >= 4 is 11.6 Å². The summed E-state index contributed by atoms with van der Waals surface area (Å²) in [5.41, 5.74) is 5.60. The largest absolute Gasteiger partial charge is 0.343 e. The first-order valence-corrected chi connectivity index (χ1v) is 4.64. The second kappa shape index (κ2) is 3.25. The van der Waals surface area contributed by atoms with Gasteiger partial charge in [0.25, 0.3) is 0 Å². The normalized spacial score (nSPS) is 29.6. The molecule has 1 aliphatic rings. The molecule has 1 fully saturated rings. The van der Waals surface area contributed by atoms with Gasteiger partial charge in [-0.1, -0.05) is 23.7 Å². The Labute approximate surface area is 87.0 Å². The third kappa shape index (κ3) is 1.38. The van der Waals surface area contributed by atoms with Gasteiger partial charge >= 0.3 is 0 Å². The fraction of sp³-hybridized carbons (Fsp3) is 0.300. The molecule has 1 aromatic rings. The van der Waals surface area contributed by atoms with Crippen LogP contribution in [-0.4, -0.2) is 12.1 Å². The molecule has 4 heteroatoms. The molecule has 0 bridgehead atoms. The van der Waals surface area contributed by atoms with E-state index >= 15 is 0 Å². The summed E-state index contributed by atoms with van der Waals surface area (Å²) in [6, 6.07) is 9.33. The first-order valence-electron chi connectivity index (χ1n) is 4.26. The molecule has 2 unspecified atom stereocenters. The maximum absolute atomic E-state index is 8.86. The molecule has 14 heavy (non-hydrogen) atoms. The van der Waals surface area contributed by atoms with Crippen molar-refractivity contribution in [3.8, 4) is 6.07 Å². The Morgan fingerprint density at radius 3 is 2.57 bits per heavy atom. The van der Waals surface area contributed by atoms with Crippen LogP contribution in [0, 0.1) is 11.3 Å². The van der Waals surface area contributed by atoms with Crippen molar-refractivity contribution in [1.82, 2.24) is 0 Å². The van der Waals surface area contributed by atoms with Crippen molar-refractivity contribution in [2.24, 2.45) is 5.73 Å². The zero-order valence-electron chi connectivity index (χ0n) is 7.40. The molecule has 3 nitrogen and oxygen atoms in total. The molecule has 1 aliphatic heterocycles. The predicted octanol–water partition coefficient (Wildman–Crippen LogP) is 1.63. The fourth-order valence-corrected chi connectivity index (χ4v) is 1.56. The maximum Gasteiger partial charge on any atom is 0.197 e. The van der Waals surface area contributed by atoms with Gasteiger partial charge in [0.1, 0.15) is 12.2 Å². The minimum absolute atomic E-state index is 0.199. The van der Waals surface area contributed by atoms with Gasteiger partial charge in [-0.15, -0.1) is 0 Å². The van der Waals surface area contributed by atoms with Gasteiger partial charge in [0.05, 0.1) is 0 Å². The number of hydrogen-bond donors (Lipinski definition) is 1. The molecule has 0 aromatic heterocycles. The highest BCUT2D eigenvalue weighted by molar-refractivity contribution is 6.30. The van der Waals surface area contributed by atoms with Crippen LogP contribution in [0.2, 0.25) is 5.02 Å². The smallest absolute Gasteiger partial charge is 0.197 e. The highest BCUT2D eigenvalue weighted by atomic mass is 35.5. The van der Waals surface area contributed by atoms with Gasteiger partial charge in [-0.3, -0.25) is 0 Å². The number of benzene rings is 1. The summed E-state index contributed by atoms with van der Waals surface area (Å²) >= 11 is 5.75. The first kappa shape index (κ1) is 9.47. The van der Waals surface area contributed by atoms with E-state index in [1.807, 2.05) is 12.1 Å². The van der Waals surface area contributed by atoms with Crippen LogP contribution >= 0.6 is 11.6 Å². The van der Waals surface area contributed by atoms with E-state index in [1.54, 1.807) is 12.1 Å². The number of halogens is 1. The fourth-order valence-electron chi connectivity index (χ4n) is 1.44. The summed E-state index contributed by atoms with van der Waals surface area (Å²) in [7, 11) is 0. The molecule has 0 saturated carbocycles. The molecular weight excluding hydrogens is 200 g/mol. The van der Waals surface area contributed by atoms with Crippen LogP contribution in [0.3, 0.4) is 0 Å². The van der Waals surface area contributed by atoms with Crippen molar-refractivity contribution in [1.29, 1.82) is 5.26 Å². The molecule has 2 N–H and O–H groups in total. The lowest BCUT2D eigenvalue weighted by atomic mass is 10.0. The average molecular weight is 209 g/mol. The van der Waals surface area contributed by atoms with E-state index in [0.29, 0.717) is 5.02 Å². The summed E-state index contributed by atoms with van der Waals surface area (Å²) < 4.78 is 5.30. The monoisotopic (exact) mass is 208 g/mol. The summed E-state index contributed by atoms with van der Waals surface area (Å²) in [4.78, 5) is 0. The molecule has 72 valence electrons. The maximum atomic E-state index is 8.86. The molecule has 0 radical (unpaired) electrons. The summed E-state index contributed by atoms with van der Waals surface area (Å²) in [6.45, 7) is 0.219. The van der Waals surface area contributed by atoms with E-state index < -0.39 is 5.60 Å². The molecule has 0 aliphatic carbocycles. The minimum Gasteiger partial charge on any atom is -0.343 e. The number of epoxide rings is 1. The third-order valence-corrected chi connectivity index (χ3v) is 2.61. The molecular formula is C10H9ClN2O. The molecule has 2 rings (SSSR count). The van der Waals surface area contributed by atoms with Gasteiger partial charge in [0.2, 0.25) is 0 Å². The molecule has 0 spiro atoms. The first-order chi connectivity index (χ1) is 6.72. The van der Waals surface area contributed by atoms with E-state index in [1.165, 1.54) is 0 Å². The summed E-state index contributed by atoms with van der Waals surface area (Å²) in [6.07, 6.45) is -0.199. The van der Waals surface area contributed by atoms with E-state index in [0.717, 1.165) is 5.56 Å². The lowest BCUT2D eigenvalue weighted by molar-refractivity contribution is 0.340. The van der Waals surface area contributed by atoms with Gasteiger partial charge in [0, 0.05) is 11.6 Å². The number of nitrogens with zero attached hydrogens (tertiary/aromatic N) is 1. The van der Waals surface area contributed by atoms with Crippen LogP contribution in [0.5, 0.6) is 0 Å². The number of hydrogen-bond acceptors (Lipinski definition) is 3. The van der Waals surface area contributed by atoms with E-state index in [-0.39, 0.29) is 12.6 Å². The van der Waals surface area contributed by atoms with E-state index in [4.69, 9.17) is 27.3 Å².